The first-order valence-corrected chi connectivity index (χ1v) is 8.54. The highest BCUT2D eigenvalue weighted by Crippen LogP contribution is 2.44. The lowest BCUT2D eigenvalue weighted by atomic mass is 10.0. The van der Waals surface area contributed by atoms with E-state index in [0.29, 0.717) is 0 Å². The van der Waals surface area contributed by atoms with E-state index in [1.54, 1.807) is 0 Å². The third-order valence-corrected chi connectivity index (χ3v) is 5.24. The van der Waals surface area contributed by atoms with E-state index in [9.17, 15) is 0 Å². The maximum Gasteiger partial charge on any atom is 0.125 e. The molecule has 1 heterocycles. The quantitative estimate of drug-likeness (QED) is 0.886. The SMILES string of the molecule is CCOC1(c2nc(C)c(CNC(C)(C)C)s2)CCCC1. The second-order valence-corrected chi connectivity index (χ2v) is 7.85. The van der Waals surface area contributed by atoms with Gasteiger partial charge in [0, 0.05) is 23.6 Å². The highest BCUT2D eigenvalue weighted by Gasteiger charge is 2.39. The van der Waals surface area contributed by atoms with Crippen LogP contribution in [0.2, 0.25) is 0 Å². The molecule has 0 saturated heterocycles. The van der Waals surface area contributed by atoms with E-state index in [1.165, 1.54) is 22.7 Å². The van der Waals surface area contributed by atoms with Crippen LogP contribution in [-0.2, 0) is 16.9 Å². The molecule has 1 fully saturated rings. The van der Waals surface area contributed by atoms with Crippen molar-refractivity contribution in [2.75, 3.05) is 6.61 Å². The van der Waals surface area contributed by atoms with E-state index >= 15 is 0 Å². The zero-order valence-corrected chi connectivity index (χ0v) is 14.3. The first-order valence-electron chi connectivity index (χ1n) is 7.72. The molecule has 0 amide bonds. The van der Waals surface area contributed by atoms with Crippen molar-refractivity contribution in [1.29, 1.82) is 0 Å². The maximum atomic E-state index is 6.12. The maximum absolute atomic E-state index is 6.12. The van der Waals surface area contributed by atoms with Crippen LogP contribution in [0.4, 0.5) is 0 Å². The number of nitrogens with zero attached hydrogens (tertiary/aromatic N) is 1. The van der Waals surface area contributed by atoms with Gasteiger partial charge in [-0.1, -0.05) is 12.8 Å². The Morgan fingerprint density at radius 3 is 2.50 bits per heavy atom. The number of aryl methyl sites for hydroxylation is 1. The Morgan fingerprint density at radius 1 is 1.30 bits per heavy atom. The Morgan fingerprint density at radius 2 is 1.95 bits per heavy atom. The van der Waals surface area contributed by atoms with Crippen molar-refractivity contribution in [2.45, 2.75) is 78.0 Å². The number of aromatic nitrogens is 1. The van der Waals surface area contributed by atoms with E-state index in [0.717, 1.165) is 31.7 Å². The predicted molar refractivity (Wildman–Crippen MR) is 85.2 cm³/mol. The summed E-state index contributed by atoms with van der Waals surface area (Å²) in [6.07, 6.45) is 4.77. The number of nitrogens with one attached hydrogen (secondary N) is 1. The van der Waals surface area contributed by atoms with Gasteiger partial charge in [-0.15, -0.1) is 11.3 Å². The average Bonchev–Trinajstić information content (AvgIpc) is 2.94. The van der Waals surface area contributed by atoms with E-state index in [-0.39, 0.29) is 11.1 Å². The fourth-order valence-corrected chi connectivity index (χ4v) is 3.98. The molecule has 1 aliphatic rings. The van der Waals surface area contributed by atoms with Crippen molar-refractivity contribution in [3.05, 3.63) is 15.6 Å². The number of hydrogen-bond donors (Lipinski definition) is 1. The van der Waals surface area contributed by atoms with Gasteiger partial charge < -0.3 is 10.1 Å². The third kappa shape index (κ3) is 3.60. The molecule has 0 aromatic carbocycles. The minimum Gasteiger partial charge on any atom is -0.368 e. The van der Waals surface area contributed by atoms with Gasteiger partial charge in [-0.3, -0.25) is 0 Å². The fourth-order valence-electron chi connectivity index (χ4n) is 2.77. The highest BCUT2D eigenvalue weighted by atomic mass is 32.1. The van der Waals surface area contributed by atoms with Gasteiger partial charge in [0.05, 0.1) is 5.69 Å². The van der Waals surface area contributed by atoms with Crippen molar-refractivity contribution in [3.8, 4) is 0 Å². The molecule has 0 unspecified atom stereocenters. The van der Waals surface area contributed by atoms with E-state index in [2.05, 4.69) is 39.9 Å². The largest absolute Gasteiger partial charge is 0.368 e. The molecule has 1 saturated carbocycles. The molecule has 0 spiro atoms. The molecule has 20 heavy (non-hydrogen) atoms. The minimum absolute atomic E-state index is 0.0931. The fraction of sp³-hybridized carbons (Fsp3) is 0.812. The summed E-state index contributed by atoms with van der Waals surface area (Å²) in [5.41, 5.74) is 1.21. The molecule has 114 valence electrons. The van der Waals surface area contributed by atoms with Gasteiger partial charge in [0.2, 0.25) is 0 Å². The summed E-state index contributed by atoms with van der Waals surface area (Å²) in [5, 5.41) is 4.75. The van der Waals surface area contributed by atoms with Crippen LogP contribution in [0.25, 0.3) is 0 Å². The van der Waals surface area contributed by atoms with Crippen molar-refractivity contribution in [2.24, 2.45) is 0 Å². The molecule has 0 aliphatic heterocycles. The molecular weight excluding hydrogens is 268 g/mol. The Bertz CT molecular complexity index is 442. The summed E-state index contributed by atoms with van der Waals surface area (Å²) in [6, 6.07) is 0. The second-order valence-electron chi connectivity index (χ2n) is 6.77. The zero-order chi connectivity index (χ0) is 14.8. The van der Waals surface area contributed by atoms with Crippen LogP contribution in [0.1, 0.15) is 69.0 Å². The summed E-state index contributed by atoms with van der Waals surface area (Å²) in [6.45, 7) is 12.5. The van der Waals surface area contributed by atoms with Crippen molar-refractivity contribution in [1.82, 2.24) is 10.3 Å². The van der Waals surface area contributed by atoms with Crippen molar-refractivity contribution >= 4 is 11.3 Å². The smallest absolute Gasteiger partial charge is 0.125 e. The molecule has 4 heteroatoms. The number of thiazole rings is 1. The topological polar surface area (TPSA) is 34.1 Å². The van der Waals surface area contributed by atoms with Gasteiger partial charge >= 0.3 is 0 Å². The van der Waals surface area contributed by atoms with Gasteiger partial charge in [0.1, 0.15) is 10.6 Å². The normalized spacial score (nSPS) is 18.6. The van der Waals surface area contributed by atoms with Gasteiger partial charge in [0.25, 0.3) is 0 Å². The predicted octanol–water partition coefficient (Wildman–Crippen LogP) is 4.15. The summed E-state index contributed by atoms with van der Waals surface area (Å²) in [4.78, 5) is 6.19. The van der Waals surface area contributed by atoms with Crippen LogP contribution in [0.5, 0.6) is 0 Å². The average molecular weight is 296 g/mol. The van der Waals surface area contributed by atoms with E-state index in [4.69, 9.17) is 9.72 Å². The summed E-state index contributed by atoms with van der Waals surface area (Å²) < 4.78 is 6.12. The lowest BCUT2D eigenvalue weighted by Crippen LogP contribution is -2.34. The monoisotopic (exact) mass is 296 g/mol. The Labute approximate surface area is 127 Å². The summed E-state index contributed by atoms with van der Waals surface area (Å²) in [7, 11) is 0. The highest BCUT2D eigenvalue weighted by molar-refractivity contribution is 7.11. The van der Waals surface area contributed by atoms with E-state index in [1.807, 2.05) is 11.3 Å². The molecule has 3 nitrogen and oxygen atoms in total. The number of hydrogen-bond acceptors (Lipinski definition) is 4. The standard InChI is InChI=1S/C16H28N2OS/c1-6-19-16(9-7-8-10-16)14-18-12(2)13(20-14)11-17-15(3,4)5/h17H,6-11H2,1-5H3. The molecule has 0 bridgehead atoms. The molecule has 1 N–H and O–H groups in total. The molecule has 1 aromatic heterocycles. The molecule has 0 atom stereocenters. The second kappa shape index (κ2) is 6.12. The third-order valence-electron chi connectivity index (χ3n) is 3.89. The van der Waals surface area contributed by atoms with Gasteiger partial charge in [-0.05, 0) is 47.5 Å². The summed E-state index contributed by atoms with van der Waals surface area (Å²) >= 11 is 1.84. The lowest BCUT2D eigenvalue weighted by Gasteiger charge is -2.26. The van der Waals surface area contributed by atoms with Gasteiger partial charge in [-0.25, -0.2) is 4.98 Å². The van der Waals surface area contributed by atoms with Gasteiger partial charge in [0.15, 0.2) is 0 Å². The zero-order valence-electron chi connectivity index (χ0n) is 13.5. The number of rotatable bonds is 5. The molecule has 2 rings (SSSR count). The van der Waals surface area contributed by atoms with Crippen LogP contribution >= 0.6 is 11.3 Å². The molecular formula is C16H28N2OS. The lowest BCUT2D eigenvalue weighted by molar-refractivity contribution is -0.0391. The Hall–Kier alpha value is -0.450. The molecule has 0 radical (unpaired) electrons. The Balaban J connectivity index is 2.17. The van der Waals surface area contributed by atoms with Crippen LogP contribution in [-0.4, -0.2) is 17.1 Å². The summed E-state index contributed by atoms with van der Waals surface area (Å²) in [5.74, 6) is 0. The van der Waals surface area contributed by atoms with Crippen molar-refractivity contribution in [3.63, 3.8) is 0 Å². The first-order chi connectivity index (χ1) is 9.36. The van der Waals surface area contributed by atoms with Crippen LogP contribution in [0, 0.1) is 6.92 Å². The molecule has 1 aromatic rings. The van der Waals surface area contributed by atoms with Gasteiger partial charge in [-0.2, -0.15) is 0 Å². The van der Waals surface area contributed by atoms with Crippen LogP contribution < -0.4 is 5.32 Å². The van der Waals surface area contributed by atoms with Crippen molar-refractivity contribution < 1.29 is 4.74 Å². The van der Waals surface area contributed by atoms with E-state index < -0.39 is 0 Å². The molecule has 1 aliphatic carbocycles. The minimum atomic E-state index is -0.0931. The first kappa shape index (κ1) is 15.9. The van der Waals surface area contributed by atoms with Crippen LogP contribution in [0.15, 0.2) is 0 Å². The van der Waals surface area contributed by atoms with Crippen LogP contribution in [0.3, 0.4) is 0 Å². The number of ether oxygens (including phenoxy) is 1. The Kier molecular flexibility index (Phi) is 4.88.